The monoisotopic (exact) mass is 620 g/mol. The maximum atomic E-state index is 2.41. The van der Waals surface area contributed by atoms with E-state index in [9.17, 15) is 0 Å². The van der Waals surface area contributed by atoms with Crippen molar-refractivity contribution in [2.24, 2.45) is 0 Å². The molecule has 0 fully saturated rings. The molecule has 0 saturated carbocycles. The molecular formula is C30H40B20. The van der Waals surface area contributed by atoms with Crippen LogP contribution >= 0.6 is 0 Å². The SMILES string of the molecule is Bc1c(B)c(B)c(-c2c3c(B)c(B)c(B)c(B)c3c(-c3c(B)c(B)c(B)c4c(B)c(B)c(B)c(B)c34)c3c(B)c(B)c(B)c(B)c23)c(B)c1B. The average Bonchev–Trinajstić information content (AvgIpc) is 3.09. The van der Waals surface area contributed by atoms with Crippen LogP contribution < -0.4 is 109 Å². The van der Waals surface area contributed by atoms with Gasteiger partial charge in [0.2, 0.25) is 0 Å². The van der Waals surface area contributed by atoms with Gasteiger partial charge >= 0.3 is 0 Å². The van der Waals surface area contributed by atoms with Crippen LogP contribution in [0.25, 0.3) is 54.6 Å². The molecule has 6 rings (SSSR count). The summed E-state index contributed by atoms with van der Waals surface area (Å²) in [6, 6.07) is 0. The highest BCUT2D eigenvalue weighted by atomic mass is 14.3. The minimum atomic E-state index is 1.41. The molecule has 0 unspecified atom stereocenters. The standard InChI is InChI=1S/C30H40B20/c31-11-5(8-10(19(39)21(11)41)20(40)27(47)26(46)16(8)36)1-3-6(14(34)24(44)22(42)12(3)32)2(7-4(1)13(33)23(43)25(45)15(7)35)9-17(37)28(48)30(50)29(49)18(9)38/h31-50H2. The summed E-state index contributed by atoms with van der Waals surface area (Å²) in [7, 11) is 47.3. The van der Waals surface area contributed by atoms with Crippen molar-refractivity contribution < 1.29 is 0 Å². The van der Waals surface area contributed by atoms with Crippen molar-refractivity contribution >= 4 is 298 Å². The first-order valence-corrected chi connectivity index (χ1v) is 18.8. The van der Waals surface area contributed by atoms with Crippen molar-refractivity contribution in [1.29, 1.82) is 0 Å². The fourth-order valence-electron chi connectivity index (χ4n) is 9.75. The molecule has 0 N–H and O–H groups in total. The van der Waals surface area contributed by atoms with Gasteiger partial charge in [-0.15, -0.1) is 54.6 Å². The van der Waals surface area contributed by atoms with E-state index in [1.54, 1.807) is 0 Å². The van der Waals surface area contributed by atoms with Crippen LogP contribution in [0.2, 0.25) is 0 Å². The van der Waals surface area contributed by atoms with Crippen molar-refractivity contribution in [1.82, 2.24) is 0 Å². The predicted octanol–water partition coefficient (Wildman–Crippen LogP) is -26.4. The summed E-state index contributed by atoms with van der Waals surface area (Å²) in [6.07, 6.45) is 0. The smallest absolute Gasteiger partial charge is 0.102 e. The third-order valence-electron chi connectivity index (χ3n) is 14.7. The van der Waals surface area contributed by atoms with E-state index in [1.807, 2.05) is 0 Å². The fraction of sp³-hybridized carbons (Fsp3) is 0. The van der Waals surface area contributed by atoms with Gasteiger partial charge in [-0.1, -0.05) is 54.6 Å². The van der Waals surface area contributed by atoms with Crippen LogP contribution in [-0.2, 0) is 0 Å². The Bertz CT molecular complexity index is 2470. The highest BCUT2D eigenvalue weighted by Gasteiger charge is 2.29. The van der Waals surface area contributed by atoms with Crippen LogP contribution in [0, 0.1) is 0 Å². The molecule has 6 aromatic carbocycles. The number of benzene rings is 6. The highest BCUT2D eigenvalue weighted by molar-refractivity contribution is 6.76. The van der Waals surface area contributed by atoms with Crippen LogP contribution in [0.4, 0.5) is 0 Å². The molecule has 0 aliphatic heterocycles. The molecule has 6 aromatic rings. The summed E-state index contributed by atoms with van der Waals surface area (Å²) in [4.78, 5) is 0. The maximum Gasteiger partial charge on any atom is 0.139 e. The Morgan fingerprint density at radius 3 is 0.580 bits per heavy atom. The topological polar surface area (TPSA) is 0 Å². The molecule has 0 bridgehead atoms. The Labute approximate surface area is 319 Å². The van der Waals surface area contributed by atoms with Crippen molar-refractivity contribution in [2.75, 3.05) is 0 Å². The molecule has 0 aliphatic rings. The molecule has 0 heterocycles. The summed E-state index contributed by atoms with van der Waals surface area (Å²) < 4.78 is 0. The van der Waals surface area contributed by atoms with Gasteiger partial charge < -0.3 is 0 Å². The van der Waals surface area contributed by atoms with Crippen molar-refractivity contribution in [3.63, 3.8) is 0 Å². The second-order valence-corrected chi connectivity index (χ2v) is 16.2. The van der Waals surface area contributed by atoms with E-state index in [-0.39, 0.29) is 0 Å². The van der Waals surface area contributed by atoms with Gasteiger partial charge in [-0.05, 0) is 54.6 Å². The normalized spacial score (nSPS) is 11.6. The minimum Gasteiger partial charge on any atom is -0.102 e. The van der Waals surface area contributed by atoms with Gasteiger partial charge in [0.25, 0.3) is 0 Å². The first-order valence-electron chi connectivity index (χ1n) is 18.8. The minimum absolute atomic E-state index is 1.41. The van der Waals surface area contributed by atoms with Gasteiger partial charge in [-0.25, -0.2) is 0 Å². The quantitative estimate of drug-likeness (QED) is 0.134. The van der Waals surface area contributed by atoms with Gasteiger partial charge in [0, 0.05) is 0 Å². The molecule has 20 heteroatoms. The summed E-state index contributed by atoms with van der Waals surface area (Å²) in [6.45, 7) is 0. The van der Waals surface area contributed by atoms with Crippen molar-refractivity contribution in [3.8, 4) is 22.3 Å². The van der Waals surface area contributed by atoms with E-state index in [0.29, 0.717) is 0 Å². The summed E-state index contributed by atoms with van der Waals surface area (Å²) in [5.41, 5.74) is 34.1. The molecule has 0 radical (unpaired) electrons. The van der Waals surface area contributed by atoms with Crippen LogP contribution in [0.15, 0.2) is 0 Å². The zero-order valence-corrected chi connectivity index (χ0v) is 35.0. The Hall–Kier alpha value is -2.60. The Morgan fingerprint density at radius 1 is 0.120 bits per heavy atom. The number of hydrogen-bond acceptors (Lipinski definition) is 0. The van der Waals surface area contributed by atoms with Crippen LogP contribution in [0.1, 0.15) is 0 Å². The largest absolute Gasteiger partial charge is 0.139 e. The van der Waals surface area contributed by atoms with Crippen molar-refractivity contribution in [2.45, 2.75) is 0 Å². The lowest BCUT2D eigenvalue weighted by Crippen LogP contribution is -2.55. The van der Waals surface area contributed by atoms with Crippen molar-refractivity contribution in [3.05, 3.63) is 0 Å². The lowest BCUT2D eigenvalue weighted by atomic mass is 9.55. The third kappa shape index (κ3) is 4.74. The van der Waals surface area contributed by atoms with Gasteiger partial charge in [-0.2, -0.15) is 0 Å². The first-order chi connectivity index (χ1) is 23.2. The zero-order chi connectivity index (χ0) is 37.3. The van der Waals surface area contributed by atoms with Crippen LogP contribution in [0.3, 0.4) is 0 Å². The summed E-state index contributed by atoms with van der Waals surface area (Å²) >= 11 is 0. The Kier molecular flexibility index (Phi) is 9.31. The molecule has 0 spiro atoms. The lowest BCUT2D eigenvalue weighted by Gasteiger charge is -2.32. The van der Waals surface area contributed by atoms with Gasteiger partial charge in [0.1, 0.15) is 157 Å². The van der Waals surface area contributed by atoms with Gasteiger partial charge in [0.15, 0.2) is 0 Å². The second-order valence-electron chi connectivity index (χ2n) is 16.2. The zero-order valence-electron chi connectivity index (χ0n) is 35.0. The van der Waals surface area contributed by atoms with Gasteiger partial charge in [0.05, 0.1) is 0 Å². The van der Waals surface area contributed by atoms with Crippen LogP contribution in [0.5, 0.6) is 0 Å². The fourth-order valence-corrected chi connectivity index (χ4v) is 9.75. The highest BCUT2D eigenvalue weighted by Crippen LogP contribution is 2.40. The molecule has 50 heavy (non-hydrogen) atoms. The lowest BCUT2D eigenvalue weighted by molar-refractivity contribution is 1.86. The van der Waals surface area contributed by atoms with Gasteiger partial charge in [-0.3, -0.25) is 0 Å². The molecule has 0 saturated heterocycles. The van der Waals surface area contributed by atoms with E-state index in [2.05, 4.69) is 157 Å². The molecule has 0 aliphatic carbocycles. The molecular weight excluding hydrogens is 577 g/mol. The third-order valence-corrected chi connectivity index (χ3v) is 14.7. The van der Waals surface area contributed by atoms with E-state index in [1.165, 1.54) is 164 Å². The molecule has 0 aromatic heterocycles. The molecule has 0 nitrogen and oxygen atoms in total. The summed E-state index contributed by atoms with van der Waals surface area (Å²) in [5.74, 6) is 0. The molecule has 220 valence electrons. The van der Waals surface area contributed by atoms with Crippen LogP contribution in [-0.4, -0.2) is 157 Å². The Balaban J connectivity index is 2.16. The number of rotatable bonds is 2. The first kappa shape index (κ1) is 37.2. The molecule has 0 atom stereocenters. The number of fused-ring (bicyclic) bond motifs is 3. The van der Waals surface area contributed by atoms with E-state index >= 15 is 0 Å². The van der Waals surface area contributed by atoms with E-state index in [0.717, 1.165) is 0 Å². The van der Waals surface area contributed by atoms with E-state index < -0.39 is 0 Å². The maximum absolute atomic E-state index is 2.41. The van der Waals surface area contributed by atoms with E-state index in [4.69, 9.17) is 0 Å². The average molecular weight is 617 g/mol. The summed E-state index contributed by atoms with van der Waals surface area (Å²) in [5, 5.41) is 8.66. The number of hydrogen-bond donors (Lipinski definition) is 0. The predicted molar refractivity (Wildman–Crippen MR) is 293 cm³/mol. The second kappa shape index (κ2) is 12.5. The Morgan fingerprint density at radius 2 is 0.280 bits per heavy atom. The molecule has 0 amide bonds.